The summed E-state index contributed by atoms with van der Waals surface area (Å²) in [5.74, 6) is 0.345. The summed E-state index contributed by atoms with van der Waals surface area (Å²) in [5.41, 5.74) is 7.89. The van der Waals surface area contributed by atoms with Crippen molar-refractivity contribution in [3.8, 4) is 17.1 Å². The number of nitrogens with zero attached hydrogens (tertiary/aromatic N) is 1. The number of methoxy groups -OCH3 is 1. The third-order valence-corrected chi connectivity index (χ3v) is 2.79. The number of aryl methyl sites for hydroxylation is 1. The van der Waals surface area contributed by atoms with Crippen LogP contribution in [0.5, 0.6) is 5.75 Å². The molecule has 0 radical (unpaired) electrons. The van der Waals surface area contributed by atoms with Gasteiger partial charge in [-0.3, -0.25) is 0 Å². The van der Waals surface area contributed by atoms with Crippen LogP contribution in [-0.2, 0) is 6.42 Å². The maximum absolute atomic E-state index is 13.6. The highest BCUT2D eigenvalue weighted by Crippen LogP contribution is 2.29. The topological polar surface area (TPSA) is 61.3 Å². The molecule has 0 aliphatic carbocycles. The minimum atomic E-state index is -0.428. The molecular weight excluding hydrogens is 235 g/mol. The Morgan fingerprint density at radius 2 is 2.22 bits per heavy atom. The molecule has 0 fully saturated rings. The van der Waals surface area contributed by atoms with Crippen molar-refractivity contribution in [2.24, 2.45) is 5.73 Å². The zero-order chi connectivity index (χ0) is 13.1. The van der Waals surface area contributed by atoms with Crippen molar-refractivity contribution in [3.05, 3.63) is 35.3 Å². The Kier molecular flexibility index (Phi) is 3.62. The summed E-state index contributed by atoms with van der Waals surface area (Å²) in [5, 5.41) is 3.90. The van der Waals surface area contributed by atoms with Crippen molar-refractivity contribution in [2.75, 3.05) is 13.7 Å². The van der Waals surface area contributed by atoms with E-state index in [-0.39, 0.29) is 5.75 Å². The lowest BCUT2D eigenvalue weighted by Crippen LogP contribution is -2.04. The van der Waals surface area contributed by atoms with Gasteiger partial charge in [0.05, 0.1) is 12.8 Å². The summed E-state index contributed by atoms with van der Waals surface area (Å²) >= 11 is 0. The van der Waals surface area contributed by atoms with E-state index >= 15 is 0 Å². The predicted molar refractivity (Wildman–Crippen MR) is 65.9 cm³/mol. The molecule has 4 nitrogen and oxygen atoms in total. The number of hydrogen-bond acceptors (Lipinski definition) is 4. The van der Waals surface area contributed by atoms with E-state index in [9.17, 15) is 4.39 Å². The van der Waals surface area contributed by atoms with Gasteiger partial charge in [0.15, 0.2) is 17.3 Å². The lowest BCUT2D eigenvalue weighted by atomic mass is 10.0. The van der Waals surface area contributed by atoms with Crippen LogP contribution in [0.4, 0.5) is 4.39 Å². The van der Waals surface area contributed by atoms with Gasteiger partial charge in [-0.1, -0.05) is 5.16 Å². The average Bonchev–Trinajstić information content (AvgIpc) is 2.72. The molecule has 1 aromatic heterocycles. The summed E-state index contributed by atoms with van der Waals surface area (Å²) in [7, 11) is 1.43. The van der Waals surface area contributed by atoms with Gasteiger partial charge in [-0.05, 0) is 38.1 Å². The Morgan fingerprint density at radius 3 is 2.83 bits per heavy atom. The van der Waals surface area contributed by atoms with E-state index in [1.807, 2.05) is 6.92 Å². The second-order valence-corrected chi connectivity index (χ2v) is 3.96. The maximum atomic E-state index is 13.6. The van der Waals surface area contributed by atoms with Gasteiger partial charge in [-0.25, -0.2) is 4.39 Å². The largest absolute Gasteiger partial charge is 0.494 e. The first-order chi connectivity index (χ1) is 8.67. The quantitative estimate of drug-likeness (QED) is 0.904. The van der Waals surface area contributed by atoms with Crippen LogP contribution in [0, 0.1) is 12.7 Å². The maximum Gasteiger partial charge on any atom is 0.170 e. The van der Waals surface area contributed by atoms with Crippen molar-refractivity contribution >= 4 is 0 Å². The fourth-order valence-electron chi connectivity index (χ4n) is 1.86. The van der Waals surface area contributed by atoms with E-state index in [4.69, 9.17) is 15.0 Å². The van der Waals surface area contributed by atoms with Crippen LogP contribution in [0.15, 0.2) is 22.7 Å². The minimum Gasteiger partial charge on any atom is -0.494 e. The molecule has 96 valence electrons. The van der Waals surface area contributed by atoms with E-state index in [1.165, 1.54) is 13.2 Å². The Hall–Kier alpha value is -1.88. The summed E-state index contributed by atoms with van der Waals surface area (Å²) in [6.07, 6.45) is 0.651. The second-order valence-electron chi connectivity index (χ2n) is 3.96. The predicted octanol–water partition coefficient (Wildman–Crippen LogP) is 2.30. The molecular formula is C13H15FN2O2. The van der Waals surface area contributed by atoms with Gasteiger partial charge in [0.2, 0.25) is 0 Å². The highest BCUT2D eigenvalue weighted by Gasteiger charge is 2.15. The number of ether oxygens (including phenoxy) is 1. The zero-order valence-electron chi connectivity index (χ0n) is 10.4. The first-order valence-electron chi connectivity index (χ1n) is 5.66. The third kappa shape index (κ3) is 2.22. The normalized spacial score (nSPS) is 10.7. The molecule has 0 atom stereocenters. The first kappa shape index (κ1) is 12.6. The molecule has 0 amide bonds. The van der Waals surface area contributed by atoms with Gasteiger partial charge in [0.25, 0.3) is 0 Å². The highest BCUT2D eigenvalue weighted by atomic mass is 19.1. The zero-order valence-corrected chi connectivity index (χ0v) is 10.4. The number of nitrogens with two attached hydrogens (primary N) is 1. The summed E-state index contributed by atoms with van der Waals surface area (Å²) in [6, 6.07) is 4.68. The van der Waals surface area contributed by atoms with Crippen molar-refractivity contribution < 1.29 is 13.7 Å². The van der Waals surface area contributed by atoms with Crippen LogP contribution in [-0.4, -0.2) is 18.8 Å². The van der Waals surface area contributed by atoms with Gasteiger partial charge in [-0.2, -0.15) is 0 Å². The molecule has 18 heavy (non-hydrogen) atoms. The standard InChI is InChI=1S/C13H15FN2O2/c1-8-10(5-6-15)13(18-16-8)9-3-4-12(17-2)11(14)7-9/h3-4,7H,5-6,15H2,1-2H3. The molecule has 0 aliphatic rings. The number of benzene rings is 1. The van der Waals surface area contributed by atoms with Crippen molar-refractivity contribution in [2.45, 2.75) is 13.3 Å². The molecule has 0 saturated carbocycles. The number of hydrogen-bond donors (Lipinski definition) is 1. The first-order valence-corrected chi connectivity index (χ1v) is 5.66. The van der Waals surface area contributed by atoms with Gasteiger partial charge >= 0.3 is 0 Å². The molecule has 1 heterocycles. The monoisotopic (exact) mass is 250 g/mol. The number of halogens is 1. The van der Waals surface area contributed by atoms with Crippen LogP contribution >= 0.6 is 0 Å². The minimum absolute atomic E-state index is 0.204. The summed E-state index contributed by atoms with van der Waals surface area (Å²) in [6.45, 7) is 2.34. The van der Waals surface area contributed by atoms with Gasteiger partial charge in [-0.15, -0.1) is 0 Å². The lowest BCUT2D eigenvalue weighted by Gasteiger charge is -2.04. The average molecular weight is 250 g/mol. The molecule has 2 N–H and O–H groups in total. The fourth-order valence-corrected chi connectivity index (χ4v) is 1.86. The van der Waals surface area contributed by atoms with Crippen LogP contribution in [0.3, 0.4) is 0 Å². The number of aromatic nitrogens is 1. The molecule has 2 aromatic rings. The van der Waals surface area contributed by atoms with Crippen LogP contribution < -0.4 is 10.5 Å². The summed E-state index contributed by atoms with van der Waals surface area (Å²) in [4.78, 5) is 0. The smallest absolute Gasteiger partial charge is 0.170 e. The highest BCUT2D eigenvalue weighted by molar-refractivity contribution is 5.63. The molecule has 0 aliphatic heterocycles. The van der Waals surface area contributed by atoms with E-state index < -0.39 is 5.82 Å². The Morgan fingerprint density at radius 1 is 1.44 bits per heavy atom. The molecule has 5 heteroatoms. The van der Waals surface area contributed by atoms with Crippen LogP contribution in [0.2, 0.25) is 0 Å². The van der Waals surface area contributed by atoms with Crippen molar-refractivity contribution in [1.29, 1.82) is 0 Å². The van der Waals surface area contributed by atoms with E-state index in [0.717, 1.165) is 11.3 Å². The molecule has 0 spiro atoms. The van der Waals surface area contributed by atoms with E-state index in [1.54, 1.807) is 12.1 Å². The van der Waals surface area contributed by atoms with E-state index in [0.29, 0.717) is 24.3 Å². The second kappa shape index (κ2) is 5.18. The van der Waals surface area contributed by atoms with Crippen molar-refractivity contribution in [1.82, 2.24) is 5.16 Å². The van der Waals surface area contributed by atoms with Crippen LogP contribution in [0.25, 0.3) is 11.3 Å². The fraction of sp³-hybridized carbons (Fsp3) is 0.308. The van der Waals surface area contributed by atoms with Gasteiger partial charge < -0.3 is 15.0 Å². The van der Waals surface area contributed by atoms with Crippen molar-refractivity contribution in [3.63, 3.8) is 0 Å². The Labute approximate surface area is 105 Å². The summed E-state index contributed by atoms with van der Waals surface area (Å²) < 4.78 is 23.8. The van der Waals surface area contributed by atoms with Crippen LogP contribution in [0.1, 0.15) is 11.3 Å². The van der Waals surface area contributed by atoms with Gasteiger partial charge in [0, 0.05) is 11.1 Å². The molecule has 1 aromatic carbocycles. The molecule has 0 saturated heterocycles. The Bertz CT molecular complexity index is 552. The molecule has 0 bridgehead atoms. The SMILES string of the molecule is COc1ccc(-c2onc(C)c2CCN)cc1F. The Balaban J connectivity index is 2.45. The van der Waals surface area contributed by atoms with E-state index in [2.05, 4.69) is 5.16 Å². The number of rotatable bonds is 4. The van der Waals surface area contributed by atoms with Gasteiger partial charge in [0.1, 0.15) is 0 Å². The lowest BCUT2D eigenvalue weighted by molar-refractivity contribution is 0.386. The molecule has 0 unspecified atom stereocenters. The molecule has 2 rings (SSSR count). The third-order valence-electron chi connectivity index (χ3n) is 2.79.